The number of nitrogens with zero attached hydrogens (tertiary/aromatic N) is 3. The molecule has 0 aromatic carbocycles. The first-order chi connectivity index (χ1) is 9.10. The first kappa shape index (κ1) is 14.0. The molecule has 0 saturated carbocycles. The van der Waals surface area contributed by atoms with Gasteiger partial charge in [-0.05, 0) is 28.8 Å². The van der Waals surface area contributed by atoms with Crippen LogP contribution >= 0.6 is 15.9 Å². The van der Waals surface area contributed by atoms with E-state index in [2.05, 4.69) is 41.4 Å². The van der Waals surface area contributed by atoms with Crippen LogP contribution in [0.5, 0.6) is 0 Å². The largest absolute Gasteiger partial charge is 0.357 e. The predicted molar refractivity (Wildman–Crippen MR) is 78.3 cm³/mol. The monoisotopic (exact) mass is 327 g/mol. The van der Waals surface area contributed by atoms with Crippen molar-refractivity contribution in [1.29, 1.82) is 0 Å². The van der Waals surface area contributed by atoms with E-state index in [0.29, 0.717) is 5.95 Å². The molecule has 1 saturated heterocycles. The summed E-state index contributed by atoms with van der Waals surface area (Å²) < 4.78 is 0.893. The van der Waals surface area contributed by atoms with E-state index >= 15 is 0 Å². The number of halogens is 1. The third kappa shape index (κ3) is 3.56. The van der Waals surface area contributed by atoms with Crippen LogP contribution < -0.4 is 15.5 Å². The molecular weight excluding hydrogens is 310 g/mol. The molecule has 104 valence electrons. The van der Waals surface area contributed by atoms with Gasteiger partial charge in [0.2, 0.25) is 11.9 Å². The van der Waals surface area contributed by atoms with Gasteiger partial charge in [-0.15, -0.1) is 0 Å². The van der Waals surface area contributed by atoms with Crippen molar-refractivity contribution in [3.63, 3.8) is 0 Å². The molecule has 19 heavy (non-hydrogen) atoms. The Labute approximate surface area is 121 Å². The van der Waals surface area contributed by atoms with Crippen LogP contribution in [-0.4, -0.2) is 42.1 Å². The Balaban J connectivity index is 2.03. The summed E-state index contributed by atoms with van der Waals surface area (Å²) in [5.41, 5.74) is 0. The number of hydrogen-bond donors (Lipinski definition) is 2. The highest BCUT2D eigenvalue weighted by Crippen LogP contribution is 2.26. The fraction of sp³-hybridized carbons (Fsp3) is 0.583. The number of amides is 1. The van der Waals surface area contributed by atoms with E-state index in [1.165, 1.54) is 0 Å². The molecule has 0 bridgehead atoms. The normalized spacial score (nSPS) is 16.3. The Kier molecular flexibility index (Phi) is 4.57. The minimum atomic E-state index is 0.0409. The Morgan fingerprint density at radius 3 is 2.74 bits per heavy atom. The molecular formula is C12H18BrN5O. The molecule has 7 heteroatoms. The van der Waals surface area contributed by atoms with Crippen molar-refractivity contribution in [3.8, 4) is 0 Å². The summed E-state index contributed by atoms with van der Waals surface area (Å²) in [5, 5.41) is 5.91. The number of aromatic nitrogens is 2. The van der Waals surface area contributed by atoms with E-state index in [1.54, 1.807) is 20.2 Å². The van der Waals surface area contributed by atoms with Gasteiger partial charge in [0.1, 0.15) is 5.82 Å². The van der Waals surface area contributed by atoms with Crippen molar-refractivity contribution in [2.75, 3.05) is 30.4 Å². The topological polar surface area (TPSA) is 70.2 Å². The molecule has 1 aromatic rings. The third-order valence-electron chi connectivity index (χ3n) is 3.15. The van der Waals surface area contributed by atoms with E-state index in [1.807, 2.05) is 0 Å². The number of piperidine rings is 1. The van der Waals surface area contributed by atoms with Gasteiger partial charge < -0.3 is 15.5 Å². The van der Waals surface area contributed by atoms with Crippen LogP contribution in [0.15, 0.2) is 10.7 Å². The van der Waals surface area contributed by atoms with Gasteiger partial charge in [-0.3, -0.25) is 4.79 Å². The zero-order chi connectivity index (χ0) is 13.8. The molecule has 0 atom stereocenters. The smallest absolute Gasteiger partial charge is 0.224 e. The number of nitrogens with one attached hydrogen (secondary N) is 2. The molecule has 6 nitrogen and oxygen atoms in total. The number of hydrogen-bond acceptors (Lipinski definition) is 5. The number of rotatable bonds is 3. The second-order valence-electron chi connectivity index (χ2n) is 4.58. The second kappa shape index (κ2) is 6.18. The summed E-state index contributed by atoms with van der Waals surface area (Å²) in [6, 6.07) is 0.276. The van der Waals surface area contributed by atoms with E-state index in [4.69, 9.17) is 0 Å². The van der Waals surface area contributed by atoms with Crippen LogP contribution in [0.4, 0.5) is 11.8 Å². The summed E-state index contributed by atoms with van der Waals surface area (Å²) >= 11 is 3.49. The summed E-state index contributed by atoms with van der Waals surface area (Å²) in [4.78, 5) is 21.9. The van der Waals surface area contributed by atoms with Gasteiger partial charge in [-0.1, -0.05) is 0 Å². The molecule has 1 amide bonds. The first-order valence-corrected chi connectivity index (χ1v) is 7.12. The molecule has 0 radical (unpaired) electrons. The van der Waals surface area contributed by atoms with Crippen molar-refractivity contribution >= 4 is 33.6 Å². The lowest BCUT2D eigenvalue weighted by atomic mass is 10.1. The molecule has 1 aliphatic rings. The summed E-state index contributed by atoms with van der Waals surface area (Å²) in [5.74, 6) is 1.56. The predicted octanol–water partition coefficient (Wildman–Crippen LogP) is 1.39. The van der Waals surface area contributed by atoms with E-state index in [-0.39, 0.29) is 11.9 Å². The van der Waals surface area contributed by atoms with Gasteiger partial charge in [-0.25, -0.2) is 4.98 Å². The van der Waals surface area contributed by atoms with Gasteiger partial charge in [0.25, 0.3) is 0 Å². The van der Waals surface area contributed by atoms with Crippen LogP contribution in [0, 0.1) is 0 Å². The fourth-order valence-electron chi connectivity index (χ4n) is 2.22. The van der Waals surface area contributed by atoms with Crippen LogP contribution in [0.3, 0.4) is 0 Å². The van der Waals surface area contributed by atoms with Crippen LogP contribution in [0.1, 0.15) is 19.8 Å². The highest BCUT2D eigenvalue weighted by molar-refractivity contribution is 9.10. The number of carbonyl (C=O) groups excluding carboxylic acids is 1. The highest BCUT2D eigenvalue weighted by Gasteiger charge is 2.22. The lowest BCUT2D eigenvalue weighted by molar-refractivity contribution is -0.119. The van der Waals surface area contributed by atoms with Crippen molar-refractivity contribution in [1.82, 2.24) is 15.3 Å². The maximum atomic E-state index is 11.0. The third-order valence-corrected chi connectivity index (χ3v) is 3.71. The molecule has 2 heterocycles. The molecule has 1 aliphatic heterocycles. The average molecular weight is 328 g/mol. The Hall–Kier alpha value is -1.37. The molecule has 0 aliphatic carbocycles. The zero-order valence-electron chi connectivity index (χ0n) is 11.1. The van der Waals surface area contributed by atoms with Crippen molar-refractivity contribution in [2.24, 2.45) is 0 Å². The molecule has 0 spiro atoms. The standard InChI is InChI=1S/C12H18BrN5O/c1-8(19)16-9-3-5-18(6-4-9)11-10(13)7-15-12(14-2)17-11/h7,9H,3-6H2,1-2H3,(H,16,19)(H,14,15,17). The van der Waals surface area contributed by atoms with Gasteiger partial charge in [-0.2, -0.15) is 4.98 Å². The quantitative estimate of drug-likeness (QED) is 0.877. The minimum absolute atomic E-state index is 0.0409. The minimum Gasteiger partial charge on any atom is -0.357 e. The Bertz CT molecular complexity index is 459. The SMILES string of the molecule is CNc1ncc(Br)c(N2CCC(NC(C)=O)CC2)n1. The van der Waals surface area contributed by atoms with E-state index in [0.717, 1.165) is 36.2 Å². The van der Waals surface area contributed by atoms with Crippen LogP contribution in [0.25, 0.3) is 0 Å². The molecule has 1 aromatic heterocycles. The maximum Gasteiger partial charge on any atom is 0.224 e. The molecule has 2 N–H and O–H groups in total. The first-order valence-electron chi connectivity index (χ1n) is 6.32. The number of anilines is 2. The van der Waals surface area contributed by atoms with Gasteiger partial charge in [0.05, 0.1) is 4.47 Å². The highest BCUT2D eigenvalue weighted by atomic mass is 79.9. The van der Waals surface area contributed by atoms with Crippen LogP contribution in [-0.2, 0) is 4.79 Å². The summed E-state index contributed by atoms with van der Waals surface area (Å²) in [6.07, 6.45) is 3.63. The lowest BCUT2D eigenvalue weighted by Gasteiger charge is -2.33. The van der Waals surface area contributed by atoms with Crippen LogP contribution in [0.2, 0.25) is 0 Å². The zero-order valence-corrected chi connectivity index (χ0v) is 12.7. The number of carbonyl (C=O) groups is 1. The van der Waals surface area contributed by atoms with Crippen molar-refractivity contribution < 1.29 is 4.79 Å². The Morgan fingerprint density at radius 1 is 1.47 bits per heavy atom. The van der Waals surface area contributed by atoms with Gasteiger partial charge >= 0.3 is 0 Å². The van der Waals surface area contributed by atoms with E-state index < -0.39 is 0 Å². The van der Waals surface area contributed by atoms with Crippen molar-refractivity contribution in [2.45, 2.75) is 25.8 Å². The maximum absolute atomic E-state index is 11.0. The molecule has 0 unspecified atom stereocenters. The second-order valence-corrected chi connectivity index (χ2v) is 5.43. The molecule has 2 rings (SSSR count). The summed E-state index contributed by atoms with van der Waals surface area (Å²) in [7, 11) is 1.80. The van der Waals surface area contributed by atoms with Gasteiger partial charge in [0, 0.05) is 39.3 Å². The lowest BCUT2D eigenvalue weighted by Crippen LogP contribution is -2.44. The molecule has 1 fully saturated rings. The fourth-order valence-corrected chi connectivity index (χ4v) is 2.67. The Morgan fingerprint density at radius 2 is 2.16 bits per heavy atom. The summed E-state index contributed by atoms with van der Waals surface area (Å²) in [6.45, 7) is 3.32. The average Bonchev–Trinajstić information content (AvgIpc) is 2.40. The van der Waals surface area contributed by atoms with Gasteiger partial charge in [0.15, 0.2) is 0 Å². The van der Waals surface area contributed by atoms with E-state index in [9.17, 15) is 4.79 Å². The van der Waals surface area contributed by atoms with Crippen molar-refractivity contribution in [3.05, 3.63) is 10.7 Å².